The molecule has 0 aliphatic carbocycles. The van der Waals surface area contributed by atoms with Crippen LogP contribution in [0.2, 0.25) is 0 Å². The minimum atomic E-state index is -4.50. The fourth-order valence-corrected chi connectivity index (χ4v) is 4.64. The van der Waals surface area contributed by atoms with Gasteiger partial charge >= 0.3 is 6.18 Å². The predicted octanol–water partition coefficient (Wildman–Crippen LogP) is 3.57. The van der Waals surface area contributed by atoms with Gasteiger partial charge in [0.2, 0.25) is 11.8 Å². The minimum absolute atomic E-state index is 0.131. The third-order valence-electron chi connectivity index (χ3n) is 7.09. The van der Waals surface area contributed by atoms with E-state index >= 15 is 0 Å². The largest absolute Gasteiger partial charge is 0.416 e. The summed E-state index contributed by atoms with van der Waals surface area (Å²) in [5, 5.41) is 15.0. The van der Waals surface area contributed by atoms with Crippen molar-refractivity contribution in [2.24, 2.45) is 17.4 Å². The molecule has 2 amide bonds. The Morgan fingerprint density at radius 2 is 1.71 bits per heavy atom. The number of alkyl halides is 3. The number of aliphatic hydroxyl groups excluding tert-OH is 1. The summed E-state index contributed by atoms with van der Waals surface area (Å²) in [4.78, 5) is 31.6. The number of carbonyl (C=O) groups excluding carboxylic acids is 2. The van der Waals surface area contributed by atoms with Gasteiger partial charge in [-0.1, -0.05) is 31.2 Å². The van der Waals surface area contributed by atoms with Crippen LogP contribution in [0.1, 0.15) is 49.0 Å². The van der Waals surface area contributed by atoms with Crippen molar-refractivity contribution in [1.29, 1.82) is 0 Å². The highest BCUT2D eigenvalue weighted by Gasteiger charge is 2.31. The summed E-state index contributed by atoms with van der Waals surface area (Å²) in [5.74, 6) is -1.06. The van der Waals surface area contributed by atoms with Crippen LogP contribution in [0, 0.1) is 5.92 Å². The number of hydrogen-bond donors (Lipinski definition) is 4. The molecule has 2 aromatic carbocycles. The van der Waals surface area contributed by atoms with Crippen LogP contribution < -0.4 is 16.8 Å². The normalized spacial score (nSPS) is 13.9. The second-order valence-electron chi connectivity index (χ2n) is 10.1. The van der Waals surface area contributed by atoms with Crippen molar-refractivity contribution in [3.8, 4) is 0 Å². The number of halogens is 3. The summed E-state index contributed by atoms with van der Waals surface area (Å²) in [5.41, 5.74) is 12.4. The SMILES string of the molecule is CC(CCC(=O)N(CCN)CCN)C(=O)NC(CCc1ccc2ncccc2c1)C(O)c1ccc(C(F)(F)F)cc1. The quantitative estimate of drug-likeness (QED) is 0.233. The molecule has 0 radical (unpaired) electrons. The van der Waals surface area contributed by atoms with Gasteiger partial charge in [0.1, 0.15) is 0 Å². The van der Waals surface area contributed by atoms with Crippen molar-refractivity contribution in [2.45, 2.75) is 50.9 Å². The van der Waals surface area contributed by atoms with E-state index in [1.165, 1.54) is 12.1 Å². The highest BCUT2D eigenvalue weighted by Crippen LogP contribution is 2.31. The van der Waals surface area contributed by atoms with Crippen molar-refractivity contribution >= 4 is 22.7 Å². The standard InChI is InChI=1S/C30H38F3N5O3/c1-20(4-13-27(39)38(17-14-34)18-15-35)29(41)37-26(28(40)22-7-9-24(10-8-22)30(31,32)33)12-6-21-5-11-25-23(19-21)3-2-16-36-25/h2-3,5,7-11,16,19-20,26,28,40H,4,6,12-15,17-18,34-35H2,1H3,(H,37,41). The molecule has 0 aliphatic rings. The average molecular weight is 574 g/mol. The van der Waals surface area contributed by atoms with Gasteiger partial charge in [-0.2, -0.15) is 13.2 Å². The van der Waals surface area contributed by atoms with E-state index < -0.39 is 29.8 Å². The van der Waals surface area contributed by atoms with Gasteiger partial charge in [-0.05, 0) is 60.7 Å². The minimum Gasteiger partial charge on any atom is -0.386 e. The number of pyridine rings is 1. The third kappa shape index (κ3) is 9.24. The molecule has 222 valence electrons. The average Bonchev–Trinajstić information content (AvgIpc) is 2.96. The van der Waals surface area contributed by atoms with Crippen molar-refractivity contribution in [2.75, 3.05) is 26.2 Å². The van der Waals surface area contributed by atoms with Gasteiger partial charge < -0.3 is 26.8 Å². The molecule has 0 saturated heterocycles. The Kier molecular flexibility index (Phi) is 11.6. The fourth-order valence-electron chi connectivity index (χ4n) is 4.64. The number of nitrogens with one attached hydrogen (secondary N) is 1. The van der Waals surface area contributed by atoms with Crippen LogP contribution >= 0.6 is 0 Å². The molecular weight excluding hydrogens is 535 g/mol. The first-order chi connectivity index (χ1) is 19.5. The smallest absolute Gasteiger partial charge is 0.386 e. The summed E-state index contributed by atoms with van der Waals surface area (Å²) < 4.78 is 39.2. The Hall–Kier alpha value is -3.54. The maximum absolute atomic E-state index is 13.2. The summed E-state index contributed by atoms with van der Waals surface area (Å²) in [6, 6.07) is 13.0. The third-order valence-corrected chi connectivity index (χ3v) is 7.09. The van der Waals surface area contributed by atoms with Crippen LogP contribution in [0.5, 0.6) is 0 Å². The molecule has 3 atom stereocenters. The first kappa shape index (κ1) is 32.0. The number of aryl methyl sites for hydroxylation is 1. The molecule has 0 fully saturated rings. The highest BCUT2D eigenvalue weighted by atomic mass is 19.4. The van der Waals surface area contributed by atoms with Gasteiger partial charge in [-0.3, -0.25) is 14.6 Å². The van der Waals surface area contributed by atoms with E-state index in [0.29, 0.717) is 39.0 Å². The molecule has 3 rings (SSSR count). The van der Waals surface area contributed by atoms with Crippen molar-refractivity contribution in [3.05, 3.63) is 77.5 Å². The van der Waals surface area contributed by atoms with E-state index in [-0.39, 0.29) is 30.2 Å². The first-order valence-electron chi connectivity index (χ1n) is 13.7. The zero-order chi connectivity index (χ0) is 30.0. The van der Waals surface area contributed by atoms with E-state index in [1.54, 1.807) is 18.0 Å². The Labute approximate surface area is 237 Å². The van der Waals surface area contributed by atoms with Crippen LogP contribution in [-0.2, 0) is 22.2 Å². The number of benzene rings is 2. The maximum atomic E-state index is 13.2. The molecule has 41 heavy (non-hydrogen) atoms. The van der Waals surface area contributed by atoms with Gasteiger partial charge in [0, 0.05) is 50.1 Å². The zero-order valence-corrected chi connectivity index (χ0v) is 23.1. The molecule has 1 aromatic heterocycles. The van der Waals surface area contributed by atoms with Gasteiger partial charge in [0.05, 0.1) is 23.2 Å². The number of nitrogens with two attached hydrogens (primary N) is 2. The van der Waals surface area contributed by atoms with Crippen molar-refractivity contribution in [3.63, 3.8) is 0 Å². The van der Waals surface area contributed by atoms with E-state index in [2.05, 4.69) is 10.3 Å². The molecule has 0 saturated carbocycles. The summed E-state index contributed by atoms with van der Waals surface area (Å²) in [7, 11) is 0. The lowest BCUT2D eigenvalue weighted by atomic mass is 9.94. The second kappa shape index (κ2) is 14.9. The zero-order valence-electron chi connectivity index (χ0n) is 23.1. The van der Waals surface area contributed by atoms with Crippen LogP contribution in [0.3, 0.4) is 0 Å². The molecule has 6 N–H and O–H groups in total. The number of nitrogens with zero attached hydrogens (tertiary/aromatic N) is 2. The Bertz CT molecular complexity index is 1280. The molecule has 11 heteroatoms. The number of fused-ring (bicyclic) bond motifs is 1. The molecule has 3 aromatic rings. The molecule has 0 aliphatic heterocycles. The summed E-state index contributed by atoms with van der Waals surface area (Å²) in [6.45, 7) is 3.06. The van der Waals surface area contributed by atoms with E-state index in [4.69, 9.17) is 11.5 Å². The number of aliphatic hydroxyl groups is 1. The number of aromatic nitrogens is 1. The van der Waals surface area contributed by atoms with Gasteiger partial charge in [0.25, 0.3) is 0 Å². The second-order valence-corrected chi connectivity index (χ2v) is 10.1. The van der Waals surface area contributed by atoms with Crippen LogP contribution in [0.25, 0.3) is 10.9 Å². The number of amides is 2. The van der Waals surface area contributed by atoms with Gasteiger partial charge in [-0.25, -0.2) is 0 Å². The van der Waals surface area contributed by atoms with Crippen LogP contribution in [-0.4, -0.2) is 59.0 Å². The predicted molar refractivity (Wildman–Crippen MR) is 151 cm³/mol. The van der Waals surface area contributed by atoms with Crippen molar-refractivity contribution < 1.29 is 27.9 Å². The highest BCUT2D eigenvalue weighted by molar-refractivity contribution is 5.81. The van der Waals surface area contributed by atoms with Crippen LogP contribution in [0.4, 0.5) is 13.2 Å². The molecule has 0 bridgehead atoms. The van der Waals surface area contributed by atoms with Crippen molar-refractivity contribution in [1.82, 2.24) is 15.2 Å². The lowest BCUT2D eigenvalue weighted by Gasteiger charge is -2.27. The topological polar surface area (TPSA) is 135 Å². The monoisotopic (exact) mass is 573 g/mol. The molecule has 0 spiro atoms. The maximum Gasteiger partial charge on any atom is 0.416 e. The summed E-state index contributed by atoms with van der Waals surface area (Å²) in [6.07, 6.45) is -2.82. The number of rotatable bonds is 14. The Balaban J connectivity index is 1.72. The number of carbonyl (C=O) groups is 2. The lowest BCUT2D eigenvalue weighted by molar-refractivity contribution is -0.137. The summed E-state index contributed by atoms with van der Waals surface area (Å²) >= 11 is 0. The number of hydrogen-bond acceptors (Lipinski definition) is 6. The fraction of sp³-hybridized carbons (Fsp3) is 0.433. The molecule has 8 nitrogen and oxygen atoms in total. The van der Waals surface area contributed by atoms with E-state index in [1.807, 2.05) is 30.3 Å². The first-order valence-corrected chi connectivity index (χ1v) is 13.7. The Morgan fingerprint density at radius 1 is 1.02 bits per heavy atom. The molecule has 3 unspecified atom stereocenters. The van der Waals surface area contributed by atoms with Crippen LogP contribution in [0.15, 0.2) is 60.8 Å². The van der Waals surface area contributed by atoms with E-state index in [0.717, 1.165) is 28.6 Å². The molecular formula is C30H38F3N5O3. The van der Waals surface area contributed by atoms with Gasteiger partial charge in [-0.15, -0.1) is 0 Å². The van der Waals surface area contributed by atoms with E-state index in [9.17, 15) is 27.9 Å². The van der Waals surface area contributed by atoms with Gasteiger partial charge in [0.15, 0.2) is 0 Å². The molecule has 1 heterocycles. The lowest BCUT2D eigenvalue weighted by Crippen LogP contribution is -2.43. The Morgan fingerprint density at radius 3 is 2.34 bits per heavy atom.